The zero-order chi connectivity index (χ0) is 14.9. The van der Waals surface area contributed by atoms with Gasteiger partial charge in [-0.05, 0) is 17.7 Å². The van der Waals surface area contributed by atoms with Crippen LogP contribution in [0.4, 0.5) is 4.39 Å². The first kappa shape index (κ1) is 13.3. The number of hydrogen-bond donors (Lipinski definition) is 0. The van der Waals surface area contributed by atoms with Gasteiger partial charge in [-0.25, -0.2) is 14.1 Å². The number of hydrogen-bond acceptors (Lipinski definition) is 3. The van der Waals surface area contributed by atoms with Crippen LogP contribution < -0.4 is 0 Å². The summed E-state index contributed by atoms with van der Waals surface area (Å²) in [7, 11) is 0. The fourth-order valence-corrected chi connectivity index (χ4v) is 3.23. The molecule has 1 aromatic heterocycles. The van der Waals surface area contributed by atoms with E-state index < -0.39 is 0 Å². The molecule has 2 heterocycles. The van der Waals surface area contributed by atoms with Gasteiger partial charge in [-0.2, -0.15) is 5.10 Å². The van der Waals surface area contributed by atoms with Gasteiger partial charge in [0, 0.05) is 11.3 Å². The number of imidazole rings is 1. The van der Waals surface area contributed by atoms with Crippen LogP contribution in [0.3, 0.4) is 0 Å². The normalized spacial score (nSPS) is 13.6. The second kappa shape index (κ2) is 5.42. The topological polar surface area (TPSA) is 30.2 Å². The predicted octanol–water partition coefficient (Wildman–Crippen LogP) is 4.05. The highest BCUT2D eigenvalue weighted by Gasteiger charge is 2.17. The van der Waals surface area contributed by atoms with Gasteiger partial charge in [0.05, 0.1) is 17.6 Å². The summed E-state index contributed by atoms with van der Waals surface area (Å²) in [6.45, 7) is 0. The van der Waals surface area contributed by atoms with Crippen molar-refractivity contribution in [3.63, 3.8) is 0 Å². The Morgan fingerprint density at radius 1 is 0.955 bits per heavy atom. The lowest BCUT2D eigenvalue weighted by Crippen LogP contribution is -2.12. The van der Waals surface area contributed by atoms with E-state index in [4.69, 9.17) is 0 Å². The second-order valence-corrected chi connectivity index (χ2v) is 5.90. The summed E-state index contributed by atoms with van der Waals surface area (Å²) in [4.78, 5) is 4.62. The van der Waals surface area contributed by atoms with Gasteiger partial charge < -0.3 is 0 Å². The monoisotopic (exact) mass is 309 g/mol. The third-order valence-corrected chi connectivity index (χ3v) is 4.42. The van der Waals surface area contributed by atoms with E-state index in [9.17, 15) is 4.39 Å². The van der Waals surface area contributed by atoms with Gasteiger partial charge in [0.1, 0.15) is 5.82 Å². The molecule has 0 saturated carbocycles. The minimum absolute atomic E-state index is 0.234. The molecule has 3 nitrogen and oxygen atoms in total. The van der Waals surface area contributed by atoms with Crippen molar-refractivity contribution in [2.75, 3.05) is 5.75 Å². The first-order valence-electron chi connectivity index (χ1n) is 6.91. The van der Waals surface area contributed by atoms with Gasteiger partial charge in [-0.15, -0.1) is 0 Å². The van der Waals surface area contributed by atoms with Crippen LogP contribution in [0.15, 0.2) is 71.1 Å². The number of aromatic nitrogens is 2. The number of benzene rings is 2. The van der Waals surface area contributed by atoms with Crippen molar-refractivity contribution in [2.24, 2.45) is 5.10 Å². The maximum atomic E-state index is 13.0. The van der Waals surface area contributed by atoms with Crippen molar-refractivity contribution < 1.29 is 4.39 Å². The van der Waals surface area contributed by atoms with Crippen LogP contribution in [0.2, 0.25) is 0 Å². The minimum atomic E-state index is -0.234. The van der Waals surface area contributed by atoms with Crippen LogP contribution in [0.5, 0.6) is 0 Å². The van der Waals surface area contributed by atoms with E-state index in [-0.39, 0.29) is 5.82 Å². The molecular formula is C17H12FN3S. The zero-order valence-corrected chi connectivity index (χ0v) is 12.4. The number of halogens is 1. The van der Waals surface area contributed by atoms with Crippen molar-refractivity contribution in [3.8, 4) is 11.3 Å². The third-order valence-electron chi connectivity index (χ3n) is 3.47. The molecule has 0 bridgehead atoms. The van der Waals surface area contributed by atoms with Crippen LogP contribution in [0.25, 0.3) is 11.3 Å². The molecule has 5 heteroatoms. The van der Waals surface area contributed by atoms with E-state index in [1.54, 1.807) is 28.6 Å². The Morgan fingerprint density at radius 2 is 1.73 bits per heavy atom. The Labute approximate surface area is 131 Å². The summed E-state index contributed by atoms with van der Waals surface area (Å²) in [6, 6.07) is 16.5. The van der Waals surface area contributed by atoms with Crippen molar-refractivity contribution in [1.29, 1.82) is 0 Å². The molecule has 2 aromatic carbocycles. The van der Waals surface area contributed by atoms with Crippen LogP contribution >= 0.6 is 11.8 Å². The molecule has 0 N–H and O–H groups in total. The second-order valence-electron chi connectivity index (χ2n) is 4.96. The summed E-state index contributed by atoms with van der Waals surface area (Å²) < 4.78 is 14.8. The summed E-state index contributed by atoms with van der Waals surface area (Å²) in [5.74, 6) is 0.499. The molecule has 108 valence electrons. The molecule has 4 rings (SSSR count). The first-order valence-corrected chi connectivity index (χ1v) is 7.89. The van der Waals surface area contributed by atoms with E-state index in [0.717, 1.165) is 33.4 Å². The summed E-state index contributed by atoms with van der Waals surface area (Å²) in [5.41, 5.74) is 3.85. The first-order chi connectivity index (χ1) is 10.8. The fourth-order valence-electron chi connectivity index (χ4n) is 2.35. The van der Waals surface area contributed by atoms with Crippen LogP contribution in [0.1, 0.15) is 5.56 Å². The molecule has 22 heavy (non-hydrogen) atoms. The Balaban J connectivity index is 1.71. The van der Waals surface area contributed by atoms with Gasteiger partial charge in [-0.1, -0.05) is 54.2 Å². The van der Waals surface area contributed by atoms with E-state index in [1.807, 2.05) is 36.5 Å². The largest absolute Gasteiger partial charge is 0.221 e. The average molecular weight is 309 g/mol. The standard InChI is InChI=1S/C17H12FN3S/c18-14-8-6-13(7-9-14)16-11-22-17-19-15(10-21(17)20-16)12-4-2-1-3-5-12/h1-10H,11H2. The Hall–Kier alpha value is -2.40. The molecule has 1 aliphatic rings. The van der Waals surface area contributed by atoms with Gasteiger partial charge in [0.15, 0.2) is 5.16 Å². The highest BCUT2D eigenvalue weighted by atomic mass is 32.2. The van der Waals surface area contributed by atoms with Gasteiger partial charge in [0.25, 0.3) is 0 Å². The zero-order valence-electron chi connectivity index (χ0n) is 11.6. The lowest BCUT2D eigenvalue weighted by molar-refractivity contribution is 0.627. The SMILES string of the molecule is Fc1ccc(C2=Nn3cc(-c4ccccc4)nc3SC2)cc1. The number of thioether (sulfide) groups is 1. The molecule has 1 aliphatic heterocycles. The van der Waals surface area contributed by atoms with Crippen molar-refractivity contribution >= 4 is 17.5 Å². The molecule has 0 radical (unpaired) electrons. The van der Waals surface area contributed by atoms with Crippen LogP contribution in [0, 0.1) is 5.82 Å². The highest BCUT2D eigenvalue weighted by Crippen LogP contribution is 2.28. The molecule has 0 aliphatic carbocycles. The number of fused-ring (bicyclic) bond motifs is 1. The molecule has 0 atom stereocenters. The van der Waals surface area contributed by atoms with Gasteiger partial charge in [0.2, 0.25) is 0 Å². The number of nitrogens with zero attached hydrogens (tertiary/aromatic N) is 3. The maximum absolute atomic E-state index is 13.0. The summed E-state index contributed by atoms with van der Waals surface area (Å²) in [5, 5.41) is 5.50. The molecule has 3 aromatic rings. The van der Waals surface area contributed by atoms with E-state index >= 15 is 0 Å². The molecule has 0 spiro atoms. The molecule has 0 saturated heterocycles. The van der Waals surface area contributed by atoms with Crippen molar-refractivity contribution in [2.45, 2.75) is 5.16 Å². The number of rotatable bonds is 2. The third kappa shape index (κ3) is 2.44. The predicted molar refractivity (Wildman–Crippen MR) is 86.7 cm³/mol. The molecular weight excluding hydrogens is 297 g/mol. The van der Waals surface area contributed by atoms with Crippen LogP contribution in [-0.2, 0) is 0 Å². The quantitative estimate of drug-likeness (QED) is 0.715. The van der Waals surface area contributed by atoms with Crippen molar-refractivity contribution in [1.82, 2.24) is 9.66 Å². The summed E-state index contributed by atoms with van der Waals surface area (Å²) in [6.07, 6.45) is 1.93. The smallest absolute Gasteiger partial charge is 0.189 e. The summed E-state index contributed by atoms with van der Waals surface area (Å²) >= 11 is 1.64. The fraction of sp³-hybridized carbons (Fsp3) is 0.0588. The van der Waals surface area contributed by atoms with E-state index in [1.165, 1.54) is 12.1 Å². The maximum Gasteiger partial charge on any atom is 0.189 e. The van der Waals surface area contributed by atoms with E-state index in [2.05, 4.69) is 10.1 Å². The lowest BCUT2D eigenvalue weighted by Gasteiger charge is -2.12. The molecule has 0 unspecified atom stereocenters. The Bertz CT molecular complexity index is 838. The molecule has 0 amide bonds. The van der Waals surface area contributed by atoms with Crippen LogP contribution in [-0.4, -0.2) is 21.1 Å². The Morgan fingerprint density at radius 3 is 2.50 bits per heavy atom. The lowest BCUT2D eigenvalue weighted by atomic mass is 10.1. The van der Waals surface area contributed by atoms with E-state index in [0.29, 0.717) is 0 Å². The average Bonchev–Trinajstić information content (AvgIpc) is 2.99. The highest BCUT2D eigenvalue weighted by molar-refractivity contribution is 7.99. The van der Waals surface area contributed by atoms with Gasteiger partial charge >= 0.3 is 0 Å². The molecule has 0 fully saturated rings. The van der Waals surface area contributed by atoms with Crippen molar-refractivity contribution in [3.05, 3.63) is 72.2 Å². The Kier molecular flexibility index (Phi) is 3.27. The van der Waals surface area contributed by atoms with Gasteiger partial charge in [-0.3, -0.25) is 0 Å². The minimum Gasteiger partial charge on any atom is -0.221 e.